The predicted octanol–water partition coefficient (Wildman–Crippen LogP) is 4.70. The van der Waals surface area contributed by atoms with Gasteiger partial charge in [-0.15, -0.1) is 0 Å². The van der Waals surface area contributed by atoms with E-state index >= 15 is 0 Å². The highest BCUT2D eigenvalue weighted by Gasteiger charge is 2.23. The van der Waals surface area contributed by atoms with E-state index in [2.05, 4.69) is 15.3 Å². The Balaban J connectivity index is 1.70. The number of rotatable bonds is 9. The minimum Gasteiger partial charge on any atom is -0.497 e. The van der Waals surface area contributed by atoms with Gasteiger partial charge in [0, 0.05) is 11.9 Å². The molecule has 0 saturated heterocycles. The second-order valence-corrected chi connectivity index (χ2v) is 8.74. The minimum absolute atomic E-state index is 0.184. The second-order valence-electron chi connectivity index (χ2n) is 7.57. The van der Waals surface area contributed by atoms with E-state index < -0.39 is 5.25 Å². The standard InChI is InChI=1S/C26H26N4O4S/c1-4-22(24(31)28-17-8-12-19(33-3)13-9-17)35-26-29-23-21(7-6-16-27-23)25(32)30(26)18-10-14-20(15-11-18)34-5-2/h6-16,22H,4-5H2,1-3H3,(H,28,31). The van der Waals surface area contributed by atoms with Crippen molar-refractivity contribution in [3.05, 3.63) is 77.2 Å². The first-order valence-electron chi connectivity index (χ1n) is 11.3. The first-order valence-corrected chi connectivity index (χ1v) is 12.1. The van der Waals surface area contributed by atoms with Crippen LogP contribution < -0.4 is 20.3 Å². The maximum absolute atomic E-state index is 13.5. The fourth-order valence-corrected chi connectivity index (χ4v) is 4.53. The normalized spacial score (nSPS) is 11.7. The molecule has 1 atom stereocenters. The Morgan fingerprint density at radius 2 is 1.77 bits per heavy atom. The van der Waals surface area contributed by atoms with Gasteiger partial charge in [0.15, 0.2) is 10.8 Å². The molecule has 1 unspecified atom stereocenters. The van der Waals surface area contributed by atoms with E-state index in [1.165, 1.54) is 16.3 Å². The van der Waals surface area contributed by atoms with Crippen LogP contribution in [-0.4, -0.2) is 39.4 Å². The van der Waals surface area contributed by atoms with Crippen molar-refractivity contribution < 1.29 is 14.3 Å². The number of carbonyl (C=O) groups excluding carboxylic acids is 1. The minimum atomic E-state index is -0.487. The van der Waals surface area contributed by atoms with Gasteiger partial charge in [-0.1, -0.05) is 18.7 Å². The third kappa shape index (κ3) is 5.46. The predicted molar refractivity (Wildman–Crippen MR) is 138 cm³/mol. The van der Waals surface area contributed by atoms with Gasteiger partial charge >= 0.3 is 0 Å². The Morgan fingerprint density at radius 1 is 1.06 bits per heavy atom. The van der Waals surface area contributed by atoms with Crippen LogP contribution in [-0.2, 0) is 4.79 Å². The number of ether oxygens (including phenoxy) is 2. The van der Waals surface area contributed by atoms with E-state index in [-0.39, 0.29) is 11.5 Å². The Morgan fingerprint density at radius 3 is 2.43 bits per heavy atom. The smallest absolute Gasteiger partial charge is 0.268 e. The van der Waals surface area contributed by atoms with E-state index in [1.54, 1.807) is 74.0 Å². The van der Waals surface area contributed by atoms with Gasteiger partial charge in [-0.05, 0) is 74.0 Å². The SMILES string of the molecule is CCOc1ccc(-n2c(SC(CC)C(=O)Nc3ccc(OC)cc3)nc3ncccc3c2=O)cc1. The van der Waals surface area contributed by atoms with Crippen molar-refractivity contribution in [2.45, 2.75) is 30.7 Å². The number of fused-ring (bicyclic) bond motifs is 1. The van der Waals surface area contributed by atoms with Gasteiger partial charge in [0.1, 0.15) is 11.5 Å². The van der Waals surface area contributed by atoms with Crippen molar-refractivity contribution in [1.82, 2.24) is 14.5 Å². The molecule has 1 N–H and O–H groups in total. The molecule has 0 saturated carbocycles. The molecular weight excluding hydrogens is 464 g/mol. The van der Waals surface area contributed by atoms with E-state index in [0.29, 0.717) is 52.1 Å². The van der Waals surface area contributed by atoms with Gasteiger partial charge in [-0.3, -0.25) is 14.2 Å². The van der Waals surface area contributed by atoms with Gasteiger partial charge < -0.3 is 14.8 Å². The zero-order valence-electron chi connectivity index (χ0n) is 19.7. The summed E-state index contributed by atoms with van der Waals surface area (Å²) in [6.07, 6.45) is 2.13. The number of hydrogen-bond acceptors (Lipinski definition) is 7. The van der Waals surface area contributed by atoms with Crippen LogP contribution in [0.2, 0.25) is 0 Å². The molecule has 9 heteroatoms. The number of thioether (sulfide) groups is 1. The summed E-state index contributed by atoms with van der Waals surface area (Å²) in [5.74, 6) is 1.23. The number of nitrogens with one attached hydrogen (secondary N) is 1. The third-order valence-corrected chi connectivity index (χ3v) is 6.60. The number of anilines is 1. The number of aromatic nitrogens is 3. The molecule has 8 nitrogen and oxygen atoms in total. The summed E-state index contributed by atoms with van der Waals surface area (Å²) in [7, 11) is 1.59. The summed E-state index contributed by atoms with van der Waals surface area (Å²) in [5.41, 5.74) is 1.38. The largest absolute Gasteiger partial charge is 0.497 e. The molecule has 180 valence electrons. The Bertz CT molecular complexity index is 1370. The molecule has 0 fully saturated rings. The van der Waals surface area contributed by atoms with Gasteiger partial charge in [0.05, 0.1) is 30.0 Å². The molecule has 0 aliphatic heterocycles. The number of pyridine rings is 1. The number of nitrogens with zero attached hydrogens (tertiary/aromatic N) is 3. The Kier molecular flexibility index (Phi) is 7.67. The van der Waals surface area contributed by atoms with Gasteiger partial charge in [0.2, 0.25) is 5.91 Å². The number of carbonyl (C=O) groups is 1. The van der Waals surface area contributed by atoms with Crippen LogP contribution in [0.4, 0.5) is 5.69 Å². The van der Waals surface area contributed by atoms with Crippen molar-refractivity contribution in [3.63, 3.8) is 0 Å². The first kappa shape index (κ1) is 24.3. The molecule has 0 aliphatic carbocycles. The number of amides is 1. The van der Waals surface area contributed by atoms with Crippen molar-refractivity contribution >= 4 is 34.4 Å². The average molecular weight is 491 g/mol. The zero-order chi connectivity index (χ0) is 24.8. The number of methoxy groups -OCH3 is 1. The third-order valence-electron chi connectivity index (χ3n) is 5.29. The van der Waals surface area contributed by atoms with Crippen LogP contribution in [0.5, 0.6) is 11.5 Å². The lowest BCUT2D eigenvalue weighted by molar-refractivity contribution is -0.115. The van der Waals surface area contributed by atoms with E-state index in [9.17, 15) is 9.59 Å². The molecule has 2 aromatic carbocycles. The molecule has 2 heterocycles. The molecule has 0 bridgehead atoms. The molecule has 0 radical (unpaired) electrons. The quantitative estimate of drug-likeness (QED) is 0.268. The first-order chi connectivity index (χ1) is 17.0. The summed E-state index contributed by atoms with van der Waals surface area (Å²) in [6.45, 7) is 4.38. The molecule has 2 aromatic heterocycles. The summed E-state index contributed by atoms with van der Waals surface area (Å²) in [4.78, 5) is 35.5. The van der Waals surface area contributed by atoms with Gasteiger partial charge in [-0.25, -0.2) is 9.97 Å². The number of hydrogen-bond donors (Lipinski definition) is 1. The number of benzene rings is 2. The van der Waals surface area contributed by atoms with Crippen molar-refractivity contribution in [1.29, 1.82) is 0 Å². The fourth-order valence-electron chi connectivity index (χ4n) is 3.51. The Labute approximate surface area is 207 Å². The molecular formula is C26H26N4O4S. The van der Waals surface area contributed by atoms with Crippen molar-refractivity contribution in [2.24, 2.45) is 0 Å². The topological polar surface area (TPSA) is 95.3 Å². The summed E-state index contributed by atoms with van der Waals surface area (Å²) in [6, 6.07) is 17.7. The maximum Gasteiger partial charge on any atom is 0.268 e. The average Bonchev–Trinajstić information content (AvgIpc) is 2.88. The van der Waals surface area contributed by atoms with Crippen LogP contribution >= 0.6 is 11.8 Å². The summed E-state index contributed by atoms with van der Waals surface area (Å²) in [5, 5.41) is 3.24. The summed E-state index contributed by atoms with van der Waals surface area (Å²) >= 11 is 1.23. The van der Waals surface area contributed by atoms with Crippen LogP contribution in [0.1, 0.15) is 20.3 Å². The molecule has 4 aromatic rings. The Hall–Kier alpha value is -3.85. The lowest BCUT2D eigenvalue weighted by Gasteiger charge is -2.18. The van der Waals surface area contributed by atoms with Crippen LogP contribution in [0, 0.1) is 0 Å². The molecule has 0 aliphatic rings. The van der Waals surface area contributed by atoms with Crippen LogP contribution in [0.25, 0.3) is 16.7 Å². The van der Waals surface area contributed by atoms with Crippen molar-refractivity contribution in [3.8, 4) is 17.2 Å². The van der Waals surface area contributed by atoms with E-state index in [1.807, 2.05) is 13.8 Å². The highest BCUT2D eigenvalue weighted by Crippen LogP contribution is 2.28. The van der Waals surface area contributed by atoms with Gasteiger partial charge in [-0.2, -0.15) is 0 Å². The highest BCUT2D eigenvalue weighted by atomic mass is 32.2. The second kappa shape index (κ2) is 11.1. The van der Waals surface area contributed by atoms with E-state index in [4.69, 9.17) is 9.47 Å². The van der Waals surface area contributed by atoms with Crippen molar-refractivity contribution in [2.75, 3.05) is 19.0 Å². The summed E-state index contributed by atoms with van der Waals surface area (Å²) < 4.78 is 12.2. The lowest BCUT2D eigenvalue weighted by atomic mass is 10.2. The van der Waals surface area contributed by atoms with Gasteiger partial charge in [0.25, 0.3) is 5.56 Å². The van der Waals surface area contributed by atoms with Crippen LogP contribution in [0.3, 0.4) is 0 Å². The van der Waals surface area contributed by atoms with E-state index in [0.717, 1.165) is 0 Å². The fraction of sp³-hybridized carbons (Fsp3) is 0.231. The lowest BCUT2D eigenvalue weighted by Crippen LogP contribution is -2.27. The van der Waals surface area contributed by atoms with Crippen LogP contribution in [0.15, 0.2) is 76.8 Å². The monoisotopic (exact) mass is 490 g/mol. The maximum atomic E-state index is 13.5. The molecule has 4 rings (SSSR count). The molecule has 1 amide bonds. The zero-order valence-corrected chi connectivity index (χ0v) is 20.5. The highest BCUT2D eigenvalue weighted by molar-refractivity contribution is 8.00. The molecule has 35 heavy (non-hydrogen) atoms. The molecule has 0 spiro atoms.